The average molecular weight is 459 g/mol. The molecular formula is C27H30N4O3. The minimum absolute atomic E-state index is 0.0645. The molecule has 1 saturated carbocycles. The highest BCUT2D eigenvalue weighted by molar-refractivity contribution is 5.94. The van der Waals surface area contributed by atoms with Gasteiger partial charge in [0.25, 0.3) is 5.91 Å². The quantitative estimate of drug-likeness (QED) is 0.698. The number of amides is 2. The maximum Gasteiger partial charge on any atom is 0.255 e. The van der Waals surface area contributed by atoms with Gasteiger partial charge in [-0.25, -0.2) is 0 Å². The third-order valence-corrected chi connectivity index (χ3v) is 8.02. The normalized spacial score (nSPS) is 26.8. The molecule has 3 heterocycles. The number of carbonyl (C=O) groups excluding carboxylic acids is 2. The number of hydrogen-bond donors (Lipinski definition) is 1. The number of benzene rings is 1. The number of nitrogens with two attached hydrogens (primary N) is 1. The topological polar surface area (TPSA) is 88.8 Å². The van der Waals surface area contributed by atoms with Crippen LogP contribution >= 0.6 is 0 Å². The molecule has 7 nitrogen and oxygen atoms in total. The van der Waals surface area contributed by atoms with Crippen LogP contribution in [0.2, 0.25) is 0 Å². The van der Waals surface area contributed by atoms with Gasteiger partial charge in [0.15, 0.2) is 0 Å². The minimum atomic E-state index is -0.500. The van der Waals surface area contributed by atoms with Crippen LogP contribution in [0.15, 0.2) is 54.9 Å². The first-order valence-electron chi connectivity index (χ1n) is 12.2. The van der Waals surface area contributed by atoms with Crippen LogP contribution in [0, 0.1) is 17.8 Å². The molecule has 0 radical (unpaired) electrons. The molecule has 1 spiro atoms. The summed E-state index contributed by atoms with van der Waals surface area (Å²) in [5, 5.41) is 0. The summed E-state index contributed by atoms with van der Waals surface area (Å²) < 4.78 is 6.67. The van der Waals surface area contributed by atoms with Crippen LogP contribution in [0.4, 0.5) is 5.69 Å². The summed E-state index contributed by atoms with van der Waals surface area (Å²) in [6.45, 7) is 2.26. The molecule has 1 saturated heterocycles. The van der Waals surface area contributed by atoms with Gasteiger partial charge in [-0.15, -0.1) is 0 Å². The van der Waals surface area contributed by atoms with Crippen LogP contribution in [0.5, 0.6) is 5.75 Å². The van der Waals surface area contributed by atoms with Gasteiger partial charge in [0.1, 0.15) is 11.4 Å². The third kappa shape index (κ3) is 3.73. The van der Waals surface area contributed by atoms with Crippen LogP contribution in [0.25, 0.3) is 0 Å². The number of nitrogen functional groups attached to an aromatic ring is 1. The van der Waals surface area contributed by atoms with E-state index in [0.717, 1.165) is 24.2 Å². The van der Waals surface area contributed by atoms with Crippen LogP contribution < -0.4 is 10.5 Å². The van der Waals surface area contributed by atoms with E-state index in [9.17, 15) is 9.59 Å². The van der Waals surface area contributed by atoms with Gasteiger partial charge in [-0.2, -0.15) is 0 Å². The van der Waals surface area contributed by atoms with E-state index in [-0.39, 0.29) is 17.7 Å². The standard InChI is InChI=1S/C27H30N4O3/c28-22-13-21(14-29-15-22)25(32)30-9-7-27(8-10-30)17-31(16-20-3-1-2-4-24(20)34-27)26(33)23-12-18-5-6-19(23)11-18/h1-6,13-15,18-19,23H,7-12,16-17,28H2. The second-order valence-corrected chi connectivity index (χ2v) is 10.3. The maximum absolute atomic E-state index is 13.7. The number of aromatic nitrogens is 1. The second kappa shape index (κ2) is 8.15. The number of nitrogens with zero attached hydrogens (tertiary/aromatic N) is 3. The van der Waals surface area contributed by atoms with Crippen LogP contribution in [0.3, 0.4) is 0 Å². The summed E-state index contributed by atoms with van der Waals surface area (Å²) in [4.78, 5) is 34.7. The zero-order valence-corrected chi connectivity index (χ0v) is 19.2. The Morgan fingerprint density at radius 3 is 2.62 bits per heavy atom. The van der Waals surface area contributed by atoms with E-state index >= 15 is 0 Å². The maximum atomic E-state index is 13.7. The molecule has 2 bridgehead atoms. The predicted molar refractivity (Wildman–Crippen MR) is 128 cm³/mol. The van der Waals surface area contributed by atoms with E-state index in [1.807, 2.05) is 28.0 Å². The molecule has 3 unspecified atom stereocenters. The largest absolute Gasteiger partial charge is 0.485 e. The second-order valence-electron chi connectivity index (χ2n) is 10.3. The van der Waals surface area contributed by atoms with Gasteiger partial charge in [0.05, 0.1) is 17.8 Å². The SMILES string of the molecule is Nc1cncc(C(=O)N2CCC3(CC2)CN(C(=O)C2CC4C=CC2C4)Cc2ccccc2O3)c1. The van der Waals surface area contributed by atoms with Crippen molar-refractivity contribution in [2.24, 2.45) is 17.8 Å². The fraction of sp³-hybridized carbons (Fsp3) is 0.444. The molecule has 2 fully saturated rings. The summed E-state index contributed by atoms with van der Waals surface area (Å²) >= 11 is 0. The number of rotatable bonds is 2. The Labute approximate surface area is 199 Å². The molecule has 6 rings (SSSR count). The zero-order valence-electron chi connectivity index (χ0n) is 19.2. The number of para-hydroxylation sites is 1. The van der Waals surface area contributed by atoms with Gasteiger partial charge in [0.2, 0.25) is 5.91 Å². The average Bonchev–Trinajstić information content (AvgIpc) is 3.44. The Morgan fingerprint density at radius 2 is 1.88 bits per heavy atom. The molecule has 2 amide bonds. The van der Waals surface area contributed by atoms with E-state index in [0.29, 0.717) is 62.1 Å². The Hall–Kier alpha value is -3.35. The van der Waals surface area contributed by atoms with Crippen molar-refractivity contribution in [3.63, 3.8) is 0 Å². The third-order valence-electron chi connectivity index (χ3n) is 8.02. The summed E-state index contributed by atoms with van der Waals surface area (Å²) in [5.41, 5.74) is 7.36. The molecule has 1 aromatic carbocycles. The lowest BCUT2D eigenvalue weighted by Crippen LogP contribution is -2.55. The molecule has 4 aliphatic rings. The first-order chi connectivity index (χ1) is 16.5. The van der Waals surface area contributed by atoms with Crippen molar-refractivity contribution in [3.8, 4) is 5.75 Å². The zero-order chi connectivity index (χ0) is 23.3. The molecule has 7 heteroatoms. The van der Waals surface area contributed by atoms with Gasteiger partial charge >= 0.3 is 0 Å². The molecule has 2 aromatic rings. The molecule has 2 aliphatic heterocycles. The highest BCUT2D eigenvalue weighted by Gasteiger charge is 2.46. The molecule has 1 aromatic heterocycles. The van der Waals surface area contributed by atoms with E-state index in [1.54, 1.807) is 12.3 Å². The fourth-order valence-electron chi connectivity index (χ4n) is 6.20. The lowest BCUT2D eigenvalue weighted by Gasteiger charge is -2.43. The van der Waals surface area contributed by atoms with Crippen molar-refractivity contribution in [2.75, 3.05) is 25.4 Å². The van der Waals surface area contributed by atoms with Gasteiger partial charge < -0.3 is 20.3 Å². The van der Waals surface area contributed by atoms with E-state index in [2.05, 4.69) is 23.2 Å². The van der Waals surface area contributed by atoms with Crippen molar-refractivity contribution in [3.05, 3.63) is 66.0 Å². The van der Waals surface area contributed by atoms with Crippen LogP contribution in [-0.4, -0.2) is 51.8 Å². The lowest BCUT2D eigenvalue weighted by molar-refractivity contribution is -0.140. The van der Waals surface area contributed by atoms with Crippen LogP contribution in [0.1, 0.15) is 41.6 Å². The first-order valence-corrected chi connectivity index (χ1v) is 12.2. The number of anilines is 1. The monoisotopic (exact) mass is 458 g/mol. The van der Waals surface area contributed by atoms with E-state index in [1.165, 1.54) is 6.20 Å². The Bertz CT molecular complexity index is 1150. The summed E-state index contributed by atoms with van der Waals surface area (Å²) in [6, 6.07) is 9.71. The summed E-state index contributed by atoms with van der Waals surface area (Å²) in [7, 11) is 0. The number of hydrogen-bond acceptors (Lipinski definition) is 5. The summed E-state index contributed by atoms with van der Waals surface area (Å²) in [5.74, 6) is 2.05. The smallest absolute Gasteiger partial charge is 0.255 e. The molecule has 34 heavy (non-hydrogen) atoms. The molecule has 3 atom stereocenters. The highest BCUT2D eigenvalue weighted by Crippen LogP contribution is 2.45. The van der Waals surface area contributed by atoms with Crippen molar-refractivity contribution in [1.29, 1.82) is 0 Å². The number of carbonyl (C=O) groups is 2. The first kappa shape index (κ1) is 21.2. The number of pyridine rings is 1. The fourth-order valence-corrected chi connectivity index (χ4v) is 6.20. The predicted octanol–water partition coefficient (Wildman–Crippen LogP) is 3.27. The minimum Gasteiger partial charge on any atom is -0.485 e. The van der Waals surface area contributed by atoms with Crippen molar-refractivity contribution < 1.29 is 14.3 Å². The van der Waals surface area contributed by atoms with E-state index in [4.69, 9.17) is 10.5 Å². The van der Waals surface area contributed by atoms with Gasteiger partial charge in [0, 0.05) is 56.4 Å². The summed E-state index contributed by atoms with van der Waals surface area (Å²) in [6.07, 6.45) is 11.0. The Morgan fingerprint density at radius 1 is 1.06 bits per heavy atom. The molecule has 2 N–H and O–H groups in total. The van der Waals surface area contributed by atoms with Gasteiger partial charge in [-0.05, 0) is 36.8 Å². The number of likely N-dealkylation sites (tertiary alicyclic amines) is 1. The Balaban J connectivity index is 1.23. The molecular weight excluding hydrogens is 428 g/mol. The van der Waals surface area contributed by atoms with Crippen LogP contribution in [-0.2, 0) is 11.3 Å². The highest BCUT2D eigenvalue weighted by atomic mass is 16.5. The molecule has 2 aliphatic carbocycles. The van der Waals surface area contributed by atoms with Crippen molar-refractivity contribution >= 4 is 17.5 Å². The Kier molecular flexibility index (Phi) is 5.08. The lowest BCUT2D eigenvalue weighted by atomic mass is 9.88. The number of piperidine rings is 1. The number of fused-ring (bicyclic) bond motifs is 3. The van der Waals surface area contributed by atoms with Crippen molar-refractivity contribution in [1.82, 2.24) is 14.8 Å². The van der Waals surface area contributed by atoms with Gasteiger partial charge in [-0.1, -0.05) is 30.4 Å². The number of allylic oxidation sites excluding steroid dienone is 2. The van der Waals surface area contributed by atoms with Gasteiger partial charge in [-0.3, -0.25) is 14.6 Å². The van der Waals surface area contributed by atoms with E-state index < -0.39 is 5.60 Å². The van der Waals surface area contributed by atoms with Crippen molar-refractivity contribution in [2.45, 2.75) is 37.8 Å². The number of ether oxygens (including phenoxy) is 1. The molecule has 176 valence electrons.